The van der Waals surface area contributed by atoms with E-state index in [9.17, 15) is 14.9 Å². The van der Waals surface area contributed by atoms with E-state index in [4.69, 9.17) is 14.2 Å². The van der Waals surface area contributed by atoms with Crippen LogP contribution in [0, 0.1) is 10.1 Å². The fourth-order valence-electron chi connectivity index (χ4n) is 3.10. The fourth-order valence-corrected chi connectivity index (χ4v) is 3.90. The van der Waals surface area contributed by atoms with Crippen molar-refractivity contribution in [3.8, 4) is 28.6 Å². The van der Waals surface area contributed by atoms with Crippen LogP contribution in [0.15, 0.2) is 41.6 Å². The van der Waals surface area contributed by atoms with Crippen LogP contribution in [-0.2, 0) is 11.3 Å². The highest BCUT2D eigenvalue weighted by Crippen LogP contribution is 2.41. The van der Waals surface area contributed by atoms with Crippen molar-refractivity contribution in [2.24, 2.45) is 0 Å². The SMILES string of the molecule is CCn1c(SCC(=O)Nc2ccc([N+](=O)[O-])cc2)nnc1-c1cc(OC)c(OC)c(OC)c1. The van der Waals surface area contributed by atoms with Crippen molar-refractivity contribution in [3.05, 3.63) is 46.5 Å². The first kappa shape index (κ1) is 23.9. The van der Waals surface area contributed by atoms with Crippen molar-refractivity contribution in [3.63, 3.8) is 0 Å². The number of non-ortho nitro benzene ring substituents is 1. The Hall–Kier alpha value is -3.80. The lowest BCUT2D eigenvalue weighted by Crippen LogP contribution is -2.14. The molecule has 0 aliphatic rings. The molecule has 0 aliphatic carbocycles. The third kappa shape index (κ3) is 5.34. The van der Waals surface area contributed by atoms with Gasteiger partial charge in [-0.25, -0.2) is 0 Å². The Morgan fingerprint density at radius 3 is 2.24 bits per heavy atom. The molecular formula is C21H23N5O6S. The summed E-state index contributed by atoms with van der Waals surface area (Å²) < 4.78 is 18.1. The van der Waals surface area contributed by atoms with Gasteiger partial charge >= 0.3 is 0 Å². The number of hydrogen-bond donors (Lipinski definition) is 1. The third-order valence-electron chi connectivity index (χ3n) is 4.65. The van der Waals surface area contributed by atoms with Gasteiger partial charge in [-0.3, -0.25) is 14.9 Å². The molecule has 0 unspecified atom stereocenters. The number of thioether (sulfide) groups is 1. The topological polar surface area (TPSA) is 131 Å². The predicted octanol–water partition coefficient (Wildman–Crippen LogP) is 3.63. The Kier molecular flexibility index (Phi) is 7.72. The molecule has 33 heavy (non-hydrogen) atoms. The maximum atomic E-state index is 12.3. The van der Waals surface area contributed by atoms with Crippen LogP contribution in [0.4, 0.5) is 11.4 Å². The second-order valence-corrected chi connectivity index (χ2v) is 7.55. The third-order valence-corrected chi connectivity index (χ3v) is 5.62. The molecule has 0 saturated heterocycles. The van der Waals surface area contributed by atoms with Crippen LogP contribution >= 0.6 is 11.8 Å². The van der Waals surface area contributed by atoms with E-state index in [0.29, 0.717) is 40.5 Å². The number of anilines is 1. The van der Waals surface area contributed by atoms with Crippen LogP contribution in [0.3, 0.4) is 0 Å². The van der Waals surface area contributed by atoms with E-state index in [1.807, 2.05) is 11.5 Å². The molecule has 3 rings (SSSR count). The van der Waals surface area contributed by atoms with E-state index >= 15 is 0 Å². The van der Waals surface area contributed by atoms with Gasteiger partial charge < -0.3 is 24.1 Å². The van der Waals surface area contributed by atoms with Crippen molar-refractivity contribution >= 4 is 29.0 Å². The lowest BCUT2D eigenvalue weighted by molar-refractivity contribution is -0.384. The fraction of sp³-hybridized carbons (Fsp3) is 0.286. The lowest BCUT2D eigenvalue weighted by atomic mass is 10.1. The van der Waals surface area contributed by atoms with Crippen LogP contribution < -0.4 is 19.5 Å². The number of nitro groups is 1. The molecule has 174 valence electrons. The molecule has 0 bridgehead atoms. The molecule has 11 nitrogen and oxygen atoms in total. The number of amides is 1. The maximum absolute atomic E-state index is 12.3. The highest BCUT2D eigenvalue weighted by molar-refractivity contribution is 7.99. The van der Waals surface area contributed by atoms with Gasteiger partial charge in [0.25, 0.3) is 5.69 Å². The zero-order chi connectivity index (χ0) is 24.0. The van der Waals surface area contributed by atoms with E-state index in [1.165, 1.54) is 57.4 Å². The Bertz CT molecular complexity index is 1120. The standard InChI is InChI=1S/C21H23N5O6S/c1-5-25-20(13-10-16(30-2)19(32-4)17(11-13)31-3)23-24-21(25)33-12-18(27)22-14-6-8-15(9-7-14)26(28)29/h6-11H,5,12H2,1-4H3,(H,22,27). The zero-order valence-electron chi connectivity index (χ0n) is 18.5. The number of nitrogens with zero attached hydrogens (tertiary/aromatic N) is 4. The summed E-state index contributed by atoms with van der Waals surface area (Å²) in [6.45, 7) is 2.52. The second-order valence-electron chi connectivity index (χ2n) is 6.61. The van der Waals surface area contributed by atoms with Gasteiger partial charge in [-0.2, -0.15) is 0 Å². The van der Waals surface area contributed by atoms with E-state index in [-0.39, 0.29) is 17.3 Å². The number of rotatable bonds is 10. The molecule has 0 radical (unpaired) electrons. The predicted molar refractivity (Wildman–Crippen MR) is 123 cm³/mol. The monoisotopic (exact) mass is 473 g/mol. The Morgan fingerprint density at radius 1 is 1.09 bits per heavy atom. The van der Waals surface area contributed by atoms with Crippen molar-refractivity contribution in [1.29, 1.82) is 0 Å². The average Bonchev–Trinajstić information content (AvgIpc) is 3.25. The van der Waals surface area contributed by atoms with Crippen molar-refractivity contribution < 1.29 is 23.9 Å². The lowest BCUT2D eigenvalue weighted by Gasteiger charge is -2.14. The highest BCUT2D eigenvalue weighted by atomic mass is 32.2. The molecule has 1 heterocycles. The van der Waals surface area contributed by atoms with Crippen LogP contribution in [0.1, 0.15) is 6.92 Å². The number of ether oxygens (including phenoxy) is 3. The van der Waals surface area contributed by atoms with Crippen LogP contribution in [-0.4, -0.2) is 52.7 Å². The molecule has 1 amide bonds. The van der Waals surface area contributed by atoms with Gasteiger partial charge in [0, 0.05) is 29.9 Å². The van der Waals surface area contributed by atoms with Crippen LogP contribution in [0.25, 0.3) is 11.4 Å². The molecule has 12 heteroatoms. The first-order valence-corrected chi connectivity index (χ1v) is 10.8. The molecule has 0 fully saturated rings. The van der Waals surface area contributed by atoms with Gasteiger partial charge in [0.2, 0.25) is 11.7 Å². The van der Waals surface area contributed by atoms with Gasteiger partial charge in [0.1, 0.15) is 0 Å². The van der Waals surface area contributed by atoms with Gasteiger partial charge in [0.05, 0.1) is 32.0 Å². The average molecular weight is 474 g/mol. The number of benzene rings is 2. The summed E-state index contributed by atoms with van der Waals surface area (Å²) in [5, 5.41) is 22.6. The summed E-state index contributed by atoms with van der Waals surface area (Å²) in [4.78, 5) is 22.6. The second kappa shape index (κ2) is 10.7. The smallest absolute Gasteiger partial charge is 0.269 e. The number of hydrogen-bond acceptors (Lipinski definition) is 9. The Labute approximate surface area is 194 Å². The van der Waals surface area contributed by atoms with E-state index in [1.54, 1.807) is 12.1 Å². The number of methoxy groups -OCH3 is 3. The number of carbonyl (C=O) groups excluding carboxylic acids is 1. The number of nitrogens with one attached hydrogen (secondary N) is 1. The summed E-state index contributed by atoms with van der Waals surface area (Å²) in [6, 6.07) is 9.20. The summed E-state index contributed by atoms with van der Waals surface area (Å²) in [5.41, 5.74) is 1.15. The molecule has 0 aliphatic heterocycles. The largest absolute Gasteiger partial charge is 0.493 e. The summed E-state index contributed by atoms with van der Waals surface area (Å²) in [7, 11) is 4.61. The first-order chi connectivity index (χ1) is 15.9. The van der Waals surface area contributed by atoms with E-state index < -0.39 is 4.92 Å². The van der Waals surface area contributed by atoms with Gasteiger partial charge in [-0.1, -0.05) is 11.8 Å². The number of nitro benzene ring substituents is 1. The zero-order valence-corrected chi connectivity index (χ0v) is 19.3. The molecule has 1 aromatic heterocycles. The molecule has 0 spiro atoms. The number of aromatic nitrogens is 3. The molecule has 0 atom stereocenters. The molecule has 2 aromatic carbocycles. The molecule has 3 aromatic rings. The summed E-state index contributed by atoms with van der Waals surface area (Å²) >= 11 is 1.23. The van der Waals surface area contributed by atoms with E-state index in [0.717, 1.165) is 5.56 Å². The molecular weight excluding hydrogens is 450 g/mol. The summed E-state index contributed by atoms with van der Waals surface area (Å²) in [6.07, 6.45) is 0. The first-order valence-electron chi connectivity index (χ1n) is 9.82. The van der Waals surface area contributed by atoms with Crippen LogP contribution in [0.2, 0.25) is 0 Å². The minimum absolute atomic E-state index is 0.0438. The van der Waals surface area contributed by atoms with Gasteiger partial charge in [0.15, 0.2) is 22.5 Å². The Balaban J connectivity index is 1.76. The Morgan fingerprint density at radius 2 is 1.73 bits per heavy atom. The van der Waals surface area contributed by atoms with E-state index in [2.05, 4.69) is 15.5 Å². The minimum Gasteiger partial charge on any atom is -0.493 e. The van der Waals surface area contributed by atoms with Crippen LogP contribution in [0.5, 0.6) is 17.2 Å². The number of carbonyl (C=O) groups is 1. The maximum Gasteiger partial charge on any atom is 0.269 e. The summed E-state index contributed by atoms with van der Waals surface area (Å²) in [5.74, 6) is 1.88. The minimum atomic E-state index is -0.495. The normalized spacial score (nSPS) is 10.5. The van der Waals surface area contributed by atoms with Gasteiger partial charge in [-0.15, -0.1) is 10.2 Å². The van der Waals surface area contributed by atoms with Crippen molar-refractivity contribution in [2.45, 2.75) is 18.6 Å². The van der Waals surface area contributed by atoms with Crippen molar-refractivity contribution in [1.82, 2.24) is 14.8 Å². The van der Waals surface area contributed by atoms with Gasteiger partial charge in [-0.05, 0) is 31.2 Å². The highest BCUT2D eigenvalue weighted by Gasteiger charge is 2.20. The quantitative estimate of drug-likeness (QED) is 0.266. The van der Waals surface area contributed by atoms with Crippen molar-refractivity contribution in [2.75, 3.05) is 32.4 Å². The molecule has 1 N–H and O–H groups in total. The molecule has 0 saturated carbocycles.